The summed E-state index contributed by atoms with van der Waals surface area (Å²) >= 11 is 1.94. The third kappa shape index (κ3) is 1.96. The summed E-state index contributed by atoms with van der Waals surface area (Å²) in [6.45, 7) is 1.89. The van der Waals surface area contributed by atoms with Crippen LogP contribution in [0.4, 0.5) is 0 Å². The van der Waals surface area contributed by atoms with Crippen molar-refractivity contribution in [2.75, 3.05) is 0 Å². The summed E-state index contributed by atoms with van der Waals surface area (Å²) in [5, 5.41) is 11.3. The number of hydrogen-bond donors (Lipinski definition) is 1. The molecular weight excluding hydrogens is 240 g/mol. The van der Waals surface area contributed by atoms with Crippen molar-refractivity contribution in [3.05, 3.63) is 35.9 Å². The van der Waals surface area contributed by atoms with Gasteiger partial charge in [0, 0.05) is 10.8 Å². The minimum atomic E-state index is -0.863. The Bertz CT molecular complexity index is 497. The molecule has 0 spiro atoms. The standard InChI is InChI=1S/C16H18OS/c1-15(17,12-10-13-7-3-2-4-8-13)16-11-6-5-9-14(16)18-16/h2-4,7-8,14,17H,5-6,9,11H2,1H3/t14-,15+,16+/m1/s1. The second-order valence-corrected chi connectivity index (χ2v) is 6.96. The molecule has 1 nitrogen and oxygen atoms in total. The highest BCUT2D eigenvalue weighted by Crippen LogP contribution is 2.66. The van der Waals surface area contributed by atoms with Crippen LogP contribution in [-0.2, 0) is 0 Å². The van der Waals surface area contributed by atoms with Crippen LogP contribution >= 0.6 is 11.8 Å². The first-order chi connectivity index (χ1) is 8.64. The second kappa shape index (κ2) is 4.33. The predicted octanol–water partition coefficient (Wildman–Crippen LogP) is 3.22. The van der Waals surface area contributed by atoms with Gasteiger partial charge in [0.2, 0.25) is 0 Å². The molecule has 1 aliphatic carbocycles. The number of fused-ring (bicyclic) bond motifs is 1. The maximum absolute atomic E-state index is 10.7. The number of benzene rings is 1. The van der Waals surface area contributed by atoms with Crippen LogP contribution in [0.5, 0.6) is 0 Å². The van der Waals surface area contributed by atoms with E-state index in [0.717, 1.165) is 12.0 Å². The first-order valence-electron chi connectivity index (χ1n) is 6.62. The average Bonchev–Trinajstić information content (AvgIpc) is 3.14. The van der Waals surface area contributed by atoms with Crippen molar-refractivity contribution in [2.24, 2.45) is 0 Å². The van der Waals surface area contributed by atoms with Gasteiger partial charge in [-0.05, 0) is 31.9 Å². The third-order valence-electron chi connectivity index (χ3n) is 4.13. The smallest absolute Gasteiger partial charge is 0.138 e. The Hall–Kier alpha value is -0.910. The van der Waals surface area contributed by atoms with Crippen molar-refractivity contribution in [2.45, 2.75) is 48.2 Å². The van der Waals surface area contributed by atoms with E-state index in [1.165, 1.54) is 19.3 Å². The van der Waals surface area contributed by atoms with Gasteiger partial charge < -0.3 is 5.11 Å². The molecule has 0 aromatic heterocycles. The van der Waals surface area contributed by atoms with Gasteiger partial charge in [0.25, 0.3) is 0 Å². The zero-order valence-corrected chi connectivity index (χ0v) is 11.5. The van der Waals surface area contributed by atoms with Crippen LogP contribution in [0, 0.1) is 11.8 Å². The van der Waals surface area contributed by atoms with Gasteiger partial charge in [0.05, 0.1) is 4.75 Å². The molecule has 0 amide bonds. The first kappa shape index (κ1) is 12.1. The van der Waals surface area contributed by atoms with E-state index >= 15 is 0 Å². The molecule has 1 saturated heterocycles. The summed E-state index contributed by atoms with van der Waals surface area (Å²) in [6.07, 6.45) is 4.89. The Morgan fingerprint density at radius 3 is 2.83 bits per heavy atom. The zero-order chi connectivity index (χ0) is 12.6. The highest BCUT2D eigenvalue weighted by molar-refractivity contribution is 8.08. The van der Waals surface area contributed by atoms with E-state index in [0.29, 0.717) is 5.25 Å². The SMILES string of the molecule is C[C@](O)(C#Cc1ccccc1)[C@]12CCCC[C@H]1S2. The Kier molecular flexibility index (Phi) is 2.92. The number of thioether (sulfide) groups is 1. The Balaban J connectivity index is 1.82. The fraction of sp³-hybridized carbons (Fsp3) is 0.500. The van der Waals surface area contributed by atoms with Gasteiger partial charge in [0.15, 0.2) is 0 Å². The lowest BCUT2D eigenvalue weighted by Gasteiger charge is -2.30. The molecule has 1 aromatic carbocycles. The van der Waals surface area contributed by atoms with Crippen molar-refractivity contribution in [3.63, 3.8) is 0 Å². The lowest BCUT2D eigenvalue weighted by molar-refractivity contribution is 0.0773. The molecule has 1 aliphatic heterocycles. The summed E-state index contributed by atoms with van der Waals surface area (Å²) in [7, 11) is 0. The van der Waals surface area contributed by atoms with Gasteiger partial charge in [-0.25, -0.2) is 0 Å². The monoisotopic (exact) mass is 258 g/mol. The largest absolute Gasteiger partial charge is 0.376 e. The Labute approximate surface area is 113 Å². The summed E-state index contributed by atoms with van der Waals surface area (Å²) in [6, 6.07) is 9.91. The van der Waals surface area contributed by atoms with Gasteiger partial charge in [-0.2, -0.15) is 0 Å². The number of aliphatic hydroxyl groups is 1. The molecule has 1 saturated carbocycles. The summed E-state index contributed by atoms with van der Waals surface area (Å²) in [5.74, 6) is 6.23. The minimum Gasteiger partial charge on any atom is -0.376 e. The highest BCUT2D eigenvalue weighted by Gasteiger charge is 2.65. The van der Waals surface area contributed by atoms with E-state index in [2.05, 4.69) is 11.8 Å². The van der Waals surface area contributed by atoms with Gasteiger partial charge in [-0.3, -0.25) is 0 Å². The third-order valence-corrected chi connectivity index (χ3v) is 6.10. The van der Waals surface area contributed by atoms with Gasteiger partial charge in [-0.1, -0.05) is 42.9 Å². The molecule has 2 aliphatic rings. The van der Waals surface area contributed by atoms with Crippen LogP contribution in [0.3, 0.4) is 0 Å². The minimum absolute atomic E-state index is 0.0209. The number of rotatable bonds is 1. The van der Waals surface area contributed by atoms with Crippen LogP contribution in [0.2, 0.25) is 0 Å². The second-order valence-electron chi connectivity index (χ2n) is 5.43. The van der Waals surface area contributed by atoms with Crippen LogP contribution in [0.15, 0.2) is 30.3 Å². The van der Waals surface area contributed by atoms with Crippen molar-refractivity contribution in [3.8, 4) is 11.8 Å². The summed E-state index contributed by atoms with van der Waals surface area (Å²) in [5.41, 5.74) is 0.116. The molecule has 18 heavy (non-hydrogen) atoms. The van der Waals surface area contributed by atoms with Crippen molar-refractivity contribution in [1.29, 1.82) is 0 Å². The molecule has 1 aromatic rings. The van der Waals surface area contributed by atoms with Crippen LogP contribution in [0.25, 0.3) is 0 Å². The van der Waals surface area contributed by atoms with Crippen LogP contribution in [0.1, 0.15) is 38.2 Å². The molecule has 94 valence electrons. The maximum Gasteiger partial charge on any atom is 0.138 e. The molecule has 0 bridgehead atoms. The fourth-order valence-corrected chi connectivity index (χ4v) is 4.67. The molecule has 1 heterocycles. The van der Waals surface area contributed by atoms with Crippen molar-refractivity contribution < 1.29 is 5.11 Å². The van der Waals surface area contributed by atoms with E-state index in [-0.39, 0.29) is 4.75 Å². The topological polar surface area (TPSA) is 20.2 Å². The van der Waals surface area contributed by atoms with E-state index < -0.39 is 5.60 Å². The number of hydrogen-bond acceptors (Lipinski definition) is 2. The van der Waals surface area contributed by atoms with Crippen LogP contribution in [-0.4, -0.2) is 20.7 Å². The first-order valence-corrected chi connectivity index (χ1v) is 7.50. The Morgan fingerprint density at radius 2 is 2.11 bits per heavy atom. The quantitative estimate of drug-likeness (QED) is 0.616. The fourth-order valence-electron chi connectivity index (χ4n) is 2.94. The van der Waals surface area contributed by atoms with Gasteiger partial charge in [0.1, 0.15) is 5.60 Å². The van der Waals surface area contributed by atoms with E-state index in [1.807, 2.05) is 49.0 Å². The summed E-state index contributed by atoms with van der Waals surface area (Å²) < 4.78 is 0.0209. The molecule has 0 unspecified atom stereocenters. The van der Waals surface area contributed by atoms with Crippen molar-refractivity contribution in [1.82, 2.24) is 0 Å². The maximum atomic E-state index is 10.7. The molecule has 1 N–H and O–H groups in total. The van der Waals surface area contributed by atoms with Crippen LogP contribution < -0.4 is 0 Å². The molecule has 3 rings (SSSR count). The lowest BCUT2D eigenvalue weighted by atomic mass is 9.78. The average molecular weight is 258 g/mol. The summed E-state index contributed by atoms with van der Waals surface area (Å²) in [4.78, 5) is 0. The van der Waals surface area contributed by atoms with Gasteiger partial charge >= 0.3 is 0 Å². The zero-order valence-electron chi connectivity index (χ0n) is 10.6. The van der Waals surface area contributed by atoms with Gasteiger partial charge in [-0.15, -0.1) is 11.8 Å². The predicted molar refractivity (Wildman–Crippen MR) is 76.5 cm³/mol. The lowest BCUT2D eigenvalue weighted by Crippen LogP contribution is -2.43. The molecular formula is C16H18OS. The van der Waals surface area contributed by atoms with E-state index in [1.54, 1.807) is 0 Å². The molecule has 0 radical (unpaired) electrons. The highest BCUT2D eigenvalue weighted by atomic mass is 32.2. The molecule has 3 atom stereocenters. The van der Waals surface area contributed by atoms with E-state index in [4.69, 9.17) is 0 Å². The Morgan fingerprint density at radius 1 is 1.33 bits per heavy atom. The molecule has 2 heteroatoms. The normalized spacial score (nSPS) is 32.7. The van der Waals surface area contributed by atoms with E-state index in [9.17, 15) is 5.11 Å². The molecule has 2 fully saturated rings. The van der Waals surface area contributed by atoms with Crippen molar-refractivity contribution >= 4 is 11.8 Å².